The summed E-state index contributed by atoms with van der Waals surface area (Å²) < 4.78 is 0. The van der Waals surface area contributed by atoms with Crippen LogP contribution in [-0.4, -0.2) is 12.4 Å². The van der Waals surface area contributed by atoms with Crippen molar-refractivity contribution in [3.63, 3.8) is 0 Å². The zero-order valence-electron chi connectivity index (χ0n) is 6.76. The summed E-state index contributed by atoms with van der Waals surface area (Å²) in [6.45, 7) is 0.963. The van der Waals surface area contributed by atoms with Crippen LogP contribution in [0.15, 0.2) is 24.3 Å². The van der Waals surface area contributed by atoms with Gasteiger partial charge in [0, 0.05) is 10.9 Å². The van der Waals surface area contributed by atoms with Gasteiger partial charge in [0.05, 0.1) is 0 Å². The summed E-state index contributed by atoms with van der Waals surface area (Å²) >= 11 is 9.80. The molecule has 0 amide bonds. The minimum atomic E-state index is 0.730. The zero-order chi connectivity index (χ0) is 8.81. The number of hydrogen-bond acceptors (Lipinski definition) is 2. The Morgan fingerprint density at radius 2 is 1.92 bits per heavy atom. The molecule has 0 unspecified atom stereocenters. The number of halogens is 1. The van der Waals surface area contributed by atoms with E-state index in [1.165, 1.54) is 5.56 Å². The second kappa shape index (κ2) is 5.46. The summed E-state index contributed by atoms with van der Waals surface area (Å²) in [4.78, 5) is 0. The van der Waals surface area contributed by atoms with Crippen LogP contribution >= 0.6 is 24.2 Å². The number of benzene rings is 1. The molecule has 1 nitrogen and oxygen atoms in total. The average Bonchev–Trinajstić information content (AvgIpc) is 2.09. The molecule has 0 saturated heterocycles. The Kier molecular flexibility index (Phi) is 4.51. The van der Waals surface area contributed by atoms with Gasteiger partial charge in [0.15, 0.2) is 0 Å². The van der Waals surface area contributed by atoms with Crippen molar-refractivity contribution in [1.29, 1.82) is 0 Å². The molecule has 3 heteroatoms. The molecular weight excluding hydrogens is 190 g/mol. The summed E-state index contributed by atoms with van der Waals surface area (Å²) in [5.41, 5.74) is 1.30. The largest absolute Gasteiger partial charge is 0.308 e. The van der Waals surface area contributed by atoms with Crippen LogP contribution in [0.4, 0.5) is 0 Å². The van der Waals surface area contributed by atoms with E-state index in [1.54, 1.807) is 0 Å². The van der Waals surface area contributed by atoms with Crippen molar-refractivity contribution in [1.82, 2.24) is 5.32 Å². The monoisotopic (exact) mass is 201 g/mol. The first-order valence-corrected chi connectivity index (χ1v) is 4.90. The predicted octanol–water partition coefficient (Wildman–Crippen LogP) is 2.36. The molecule has 0 aliphatic rings. The van der Waals surface area contributed by atoms with E-state index in [4.69, 9.17) is 11.6 Å². The lowest BCUT2D eigenvalue weighted by atomic mass is 10.1. The lowest BCUT2D eigenvalue weighted by molar-refractivity contribution is 0.776. The fourth-order valence-corrected chi connectivity index (χ4v) is 1.25. The van der Waals surface area contributed by atoms with Crippen molar-refractivity contribution in [2.45, 2.75) is 6.42 Å². The van der Waals surface area contributed by atoms with Crippen LogP contribution in [0.25, 0.3) is 0 Å². The van der Waals surface area contributed by atoms with E-state index in [9.17, 15) is 0 Å². The van der Waals surface area contributed by atoms with Crippen molar-refractivity contribution in [2.75, 3.05) is 12.4 Å². The highest BCUT2D eigenvalue weighted by atomic mass is 35.5. The van der Waals surface area contributed by atoms with Crippen LogP contribution in [0.1, 0.15) is 5.56 Å². The fourth-order valence-electron chi connectivity index (χ4n) is 0.963. The van der Waals surface area contributed by atoms with Gasteiger partial charge in [-0.1, -0.05) is 23.7 Å². The molecule has 0 heterocycles. The van der Waals surface area contributed by atoms with Crippen molar-refractivity contribution >= 4 is 24.2 Å². The van der Waals surface area contributed by atoms with Crippen molar-refractivity contribution < 1.29 is 0 Å². The molecule has 0 bridgehead atoms. The maximum atomic E-state index is 5.75. The first-order valence-electron chi connectivity index (χ1n) is 3.89. The second-order valence-electron chi connectivity index (χ2n) is 2.53. The molecule has 0 aliphatic carbocycles. The number of nitrogens with one attached hydrogen (secondary N) is 1. The van der Waals surface area contributed by atoms with Gasteiger partial charge in [0.25, 0.3) is 0 Å². The number of hydrogen-bond donors (Lipinski definition) is 2. The summed E-state index contributed by atoms with van der Waals surface area (Å²) in [6.07, 6.45) is 1.03. The average molecular weight is 202 g/mol. The van der Waals surface area contributed by atoms with Gasteiger partial charge >= 0.3 is 0 Å². The van der Waals surface area contributed by atoms with Gasteiger partial charge in [0.2, 0.25) is 0 Å². The highest BCUT2D eigenvalue weighted by molar-refractivity contribution is 7.80. The third-order valence-corrected chi connectivity index (χ3v) is 2.09. The van der Waals surface area contributed by atoms with Crippen molar-refractivity contribution in [2.24, 2.45) is 0 Å². The first kappa shape index (κ1) is 9.90. The van der Waals surface area contributed by atoms with E-state index in [0.717, 1.165) is 23.9 Å². The molecule has 12 heavy (non-hydrogen) atoms. The maximum absolute atomic E-state index is 5.75. The van der Waals surface area contributed by atoms with Crippen LogP contribution in [0, 0.1) is 0 Å². The molecule has 0 spiro atoms. The summed E-state index contributed by atoms with van der Waals surface area (Å²) in [6, 6.07) is 7.92. The molecule has 1 N–H and O–H groups in total. The van der Waals surface area contributed by atoms with Gasteiger partial charge in [-0.3, -0.25) is 0 Å². The Hall–Kier alpha value is -0.180. The second-order valence-corrected chi connectivity index (χ2v) is 3.29. The topological polar surface area (TPSA) is 12.0 Å². The summed E-state index contributed by atoms with van der Waals surface area (Å²) in [7, 11) is 0. The Bertz CT molecular complexity index is 222. The summed E-state index contributed by atoms with van der Waals surface area (Å²) in [5, 5.41) is 3.94. The highest BCUT2D eigenvalue weighted by Crippen LogP contribution is 2.09. The molecule has 0 aliphatic heterocycles. The zero-order valence-corrected chi connectivity index (χ0v) is 8.41. The van der Waals surface area contributed by atoms with Gasteiger partial charge < -0.3 is 5.32 Å². The predicted molar refractivity (Wildman–Crippen MR) is 57.0 cm³/mol. The SMILES string of the molecule is SCNCCc1ccc(Cl)cc1. The van der Waals surface area contributed by atoms with E-state index in [0.29, 0.717) is 0 Å². The van der Waals surface area contributed by atoms with E-state index in [-0.39, 0.29) is 0 Å². The molecule has 0 saturated carbocycles. The van der Waals surface area contributed by atoms with Gasteiger partial charge in [0.1, 0.15) is 0 Å². The molecule has 0 aromatic heterocycles. The van der Waals surface area contributed by atoms with Gasteiger partial charge in [-0.25, -0.2) is 0 Å². The number of thiol groups is 1. The molecule has 1 rings (SSSR count). The van der Waals surface area contributed by atoms with Crippen LogP contribution in [-0.2, 0) is 6.42 Å². The molecular formula is C9H12ClNS. The van der Waals surface area contributed by atoms with E-state index in [2.05, 4.69) is 17.9 Å². The van der Waals surface area contributed by atoms with Gasteiger partial charge in [-0.15, -0.1) is 0 Å². The van der Waals surface area contributed by atoms with Crippen LogP contribution in [0.3, 0.4) is 0 Å². The summed E-state index contributed by atoms with van der Waals surface area (Å²) in [5.74, 6) is 0.730. The highest BCUT2D eigenvalue weighted by Gasteiger charge is 1.91. The smallest absolute Gasteiger partial charge is 0.0406 e. The first-order chi connectivity index (χ1) is 5.83. The molecule has 0 atom stereocenters. The maximum Gasteiger partial charge on any atom is 0.0406 e. The molecule has 0 radical (unpaired) electrons. The normalized spacial score (nSPS) is 10.2. The Labute approximate surface area is 83.5 Å². The fraction of sp³-hybridized carbons (Fsp3) is 0.333. The standard InChI is InChI=1S/C9H12ClNS/c10-9-3-1-8(2-4-9)5-6-11-7-12/h1-4,11-12H,5-7H2. The molecule has 66 valence electrons. The molecule has 1 aromatic rings. The Morgan fingerprint density at radius 3 is 2.50 bits per heavy atom. The van der Waals surface area contributed by atoms with Crippen LogP contribution < -0.4 is 5.32 Å². The Morgan fingerprint density at radius 1 is 1.25 bits per heavy atom. The number of rotatable bonds is 4. The lowest BCUT2D eigenvalue weighted by Crippen LogP contribution is -2.14. The van der Waals surface area contributed by atoms with Gasteiger partial charge in [-0.2, -0.15) is 12.6 Å². The third-order valence-electron chi connectivity index (χ3n) is 1.62. The van der Waals surface area contributed by atoms with E-state index >= 15 is 0 Å². The molecule has 0 fully saturated rings. The minimum Gasteiger partial charge on any atom is -0.308 e. The quantitative estimate of drug-likeness (QED) is 0.433. The van der Waals surface area contributed by atoms with Crippen LogP contribution in [0.2, 0.25) is 5.02 Å². The minimum absolute atomic E-state index is 0.730. The Balaban J connectivity index is 2.37. The third kappa shape index (κ3) is 3.48. The molecule has 1 aromatic carbocycles. The van der Waals surface area contributed by atoms with Crippen molar-refractivity contribution in [3.8, 4) is 0 Å². The van der Waals surface area contributed by atoms with Crippen LogP contribution in [0.5, 0.6) is 0 Å². The van der Waals surface area contributed by atoms with E-state index in [1.807, 2.05) is 24.3 Å². The van der Waals surface area contributed by atoms with Gasteiger partial charge in [-0.05, 0) is 30.7 Å². The van der Waals surface area contributed by atoms with E-state index < -0.39 is 0 Å². The lowest BCUT2D eigenvalue weighted by Gasteiger charge is -2.01. The van der Waals surface area contributed by atoms with Crippen molar-refractivity contribution in [3.05, 3.63) is 34.9 Å².